The number of para-hydroxylation sites is 1. The van der Waals surface area contributed by atoms with Crippen LogP contribution in [0.3, 0.4) is 0 Å². The average Bonchev–Trinajstić information content (AvgIpc) is 3.06. The van der Waals surface area contributed by atoms with Gasteiger partial charge in [0.15, 0.2) is 5.78 Å². The van der Waals surface area contributed by atoms with Gasteiger partial charge in [0, 0.05) is 25.2 Å². The zero-order valence-electron chi connectivity index (χ0n) is 14.5. The van der Waals surface area contributed by atoms with Crippen LogP contribution in [0, 0.1) is 0 Å². The van der Waals surface area contributed by atoms with Crippen LogP contribution in [0.15, 0.2) is 42.5 Å². The van der Waals surface area contributed by atoms with Gasteiger partial charge < -0.3 is 4.90 Å². The number of allylic oxidation sites excluding steroid dienone is 1. The third-order valence-electron chi connectivity index (χ3n) is 4.73. The maximum Gasteiger partial charge on any atom is 0.170 e. The van der Waals surface area contributed by atoms with Crippen molar-refractivity contribution in [2.24, 2.45) is 0 Å². The number of carbonyl (C=O) groups excluding carboxylic acids is 1. The summed E-state index contributed by atoms with van der Waals surface area (Å²) in [6, 6.07) is 14.5. The van der Waals surface area contributed by atoms with E-state index in [1.54, 1.807) is 11.3 Å². The molecular weight excluding hydrogens is 328 g/mol. The molecule has 0 saturated heterocycles. The number of benzene rings is 2. The van der Waals surface area contributed by atoms with E-state index in [1.807, 2.05) is 24.3 Å². The monoisotopic (exact) mass is 348 g/mol. The Morgan fingerprint density at radius 3 is 2.68 bits per heavy atom. The van der Waals surface area contributed by atoms with Gasteiger partial charge in [-0.1, -0.05) is 18.2 Å². The number of anilines is 1. The number of nitrogens with zero attached hydrogens (tertiary/aromatic N) is 2. The number of Topliss-reactive ketones (excluding diaryl/α,β-unsaturated/α-hetero) is 1. The van der Waals surface area contributed by atoms with E-state index in [9.17, 15) is 4.79 Å². The number of ketones is 1. The molecule has 1 heterocycles. The molecule has 25 heavy (non-hydrogen) atoms. The molecule has 1 aromatic heterocycles. The Morgan fingerprint density at radius 1 is 1.12 bits per heavy atom. The number of aromatic nitrogens is 1. The first kappa shape index (κ1) is 16.0. The predicted octanol–water partition coefficient (Wildman–Crippen LogP) is 4.81. The summed E-state index contributed by atoms with van der Waals surface area (Å²) in [5, 5.41) is 0.824. The summed E-state index contributed by atoms with van der Waals surface area (Å²) in [4.78, 5) is 19.7. The molecule has 3 nitrogen and oxygen atoms in total. The highest BCUT2D eigenvalue weighted by Gasteiger charge is 2.23. The molecule has 2 aromatic carbocycles. The minimum absolute atomic E-state index is 0.156. The SMILES string of the molecule is CCN(CC)c1ccc2c(c1)CC(=O)C(c1nc3ccccc3s1)=C2. The summed E-state index contributed by atoms with van der Waals surface area (Å²) in [7, 11) is 0. The smallest absolute Gasteiger partial charge is 0.170 e. The highest BCUT2D eigenvalue weighted by molar-refractivity contribution is 7.19. The maximum atomic E-state index is 12.7. The first-order valence-corrected chi connectivity index (χ1v) is 9.50. The van der Waals surface area contributed by atoms with Gasteiger partial charge in [-0.15, -0.1) is 11.3 Å². The third kappa shape index (κ3) is 2.87. The van der Waals surface area contributed by atoms with Crippen LogP contribution in [0.2, 0.25) is 0 Å². The summed E-state index contributed by atoms with van der Waals surface area (Å²) in [6.45, 7) is 6.24. The van der Waals surface area contributed by atoms with E-state index in [1.165, 1.54) is 5.69 Å². The summed E-state index contributed by atoms with van der Waals surface area (Å²) < 4.78 is 1.12. The van der Waals surface area contributed by atoms with Gasteiger partial charge in [0.25, 0.3) is 0 Å². The van der Waals surface area contributed by atoms with E-state index >= 15 is 0 Å². The van der Waals surface area contributed by atoms with Crippen LogP contribution in [-0.4, -0.2) is 23.9 Å². The van der Waals surface area contributed by atoms with E-state index < -0.39 is 0 Å². The van der Waals surface area contributed by atoms with Crippen molar-refractivity contribution in [3.05, 3.63) is 58.6 Å². The van der Waals surface area contributed by atoms with E-state index in [-0.39, 0.29) is 5.78 Å². The lowest BCUT2D eigenvalue weighted by Crippen LogP contribution is -2.22. The first-order valence-electron chi connectivity index (χ1n) is 8.68. The van der Waals surface area contributed by atoms with E-state index in [0.717, 1.165) is 45.0 Å². The predicted molar refractivity (Wildman–Crippen MR) is 106 cm³/mol. The largest absolute Gasteiger partial charge is 0.372 e. The van der Waals surface area contributed by atoms with E-state index in [4.69, 9.17) is 0 Å². The Bertz CT molecular complexity index is 949. The molecule has 4 heteroatoms. The lowest BCUT2D eigenvalue weighted by atomic mass is 9.91. The molecular formula is C21H20N2OS. The highest BCUT2D eigenvalue weighted by atomic mass is 32.1. The van der Waals surface area contributed by atoms with Gasteiger partial charge in [-0.2, -0.15) is 0 Å². The van der Waals surface area contributed by atoms with Crippen LogP contribution in [0.1, 0.15) is 30.0 Å². The number of hydrogen-bond donors (Lipinski definition) is 0. The Kier molecular flexibility index (Phi) is 4.14. The zero-order valence-corrected chi connectivity index (χ0v) is 15.3. The second kappa shape index (κ2) is 6.45. The Balaban J connectivity index is 1.75. The van der Waals surface area contributed by atoms with Crippen molar-refractivity contribution in [2.75, 3.05) is 18.0 Å². The molecule has 0 atom stereocenters. The molecule has 4 rings (SSSR count). The van der Waals surface area contributed by atoms with Gasteiger partial charge in [0.1, 0.15) is 5.01 Å². The second-order valence-corrected chi connectivity index (χ2v) is 7.23. The molecule has 0 amide bonds. The van der Waals surface area contributed by atoms with Crippen LogP contribution in [0.25, 0.3) is 21.9 Å². The van der Waals surface area contributed by atoms with Crippen LogP contribution >= 0.6 is 11.3 Å². The standard InChI is InChI=1S/C21H20N2OS/c1-3-23(4-2)16-10-9-14-12-17(19(24)13-15(14)11-16)21-22-18-7-5-6-8-20(18)25-21/h5-12H,3-4,13H2,1-2H3. The van der Waals surface area contributed by atoms with Crippen molar-refractivity contribution in [3.63, 3.8) is 0 Å². The van der Waals surface area contributed by atoms with Crippen LogP contribution in [-0.2, 0) is 11.2 Å². The summed E-state index contributed by atoms with van der Waals surface area (Å²) in [5.41, 5.74) is 5.13. The van der Waals surface area contributed by atoms with Gasteiger partial charge in [-0.05, 0) is 55.3 Å². The highest BCUT2D eigenvalue weighted by Crippen LogP contribution is 2.34. The molecule has 0 unspecified atom stereocenters. The van der Waals surface area contributed by atoms with Crippen molar-refractivity contribution in [2.45, 2.75) is 20.3 Å². The molecule has 1 aliphatic carbocycles. The van der Waals surface area contributed by atoms with Gasteiger partial charge in [-0.3, -0.25) is 4.79 Å². The Morgan fingerprint density at radius 2 is 1.92 bits per heavy atom. The number of carbonyl (C=O) groups is 1. The number of thiazole rings is 1. The quantitative estimate of drug-likeness (QED) is 0.678. The van der Waals surface area contributed by atoms with Crippen LogP contribution in [0.4, 0.5) is 5.69 Å². The summed E-state index contributed by atoms with van der Waals surface area (Å²) in [6.07, 6.45) is 2.46. The molecule has 0 fully saturated rings. The lowest BCUT2D eigenvalue weighted by molar-refractivity contribution is -0.113. The van der Waals surface area contributed by atoms with Gasteiger partial charge in [0.05, 0.1) is 15.8 Å². The molecule has 0 radical (unpaired) electrons. The van der Waals surface area contributed by atoms with Crippen LogP contribution < -0.4 is 4.90 Å². The topological polar surface area (TPSA) is 33.2 Å². The number of fused-ring (bicyclic) bond motifs is 2. The molecule has 126 valence electrons. The fraction of sp³-hybridized carbons (Fsp3) is 0.238. The fourth-order valence-electron chi connectivity index (χ4n) is 3.34. The molecule has 0 bridgehead atoms. The zero-order chi connectivity index (χ0) is 17.4. The van der Waals surface area contributed by atoms with Crippen molar-refractivity contribution >= 4 is 44.7 Å². The average molecular weight is 348 g/mol. The van der Waals surface area contributed by atoms with Crippen LogP contribution in [0.5, 0.6) is 0 Å². The first-order chi connectivity index (χ1) is 12.2. The maximum absolute atomic E-state index is 12.7. The van der Waals surface area contributed by atoms with Crippen molar-refractivity contribution in [1.82, 2.24) is 4.98 Å². The van der Waals surface area contributed by atoms with Gasteiger partial charge >= 0.3 is 0 Å². The Hall–Kier alpha value is -2.46. The lowest BCUT2D eigenvalue weighted by Gasteiger charge is -2.23. The number of rotatable bonds is 4. The molecule has 0 saturated carbocycles. The van der Waals surface area contributed by atoms with E-state index in [0.29, 0.717) is 6.42 Å². The summed E-state index contributed by atoms with van der Waals surface area (Å²) >= 11 is 1.59. The van der Waals surface area contributed by atoms with Crippen molar-refractivity contribution in [3.8, 4) is 0 Å². The van der Waals surface area contributed by atoms with E-state index in [2.05, 4.69) is 48.0 Å². The molecule has 0 N–H and O–H groups in total. The van der Waals surface area contributed by atoms with Gasteiger partial charge in [-0.25, -0.2) is 4.98 Å². The minimum Gasteiger partial charge on any atom is -0.372 e. The van der Waals surface area contributed by atoms with Crippen molar-refractivity contribution in [1.29, 1.82) is 0 Å². The second-order valence-electron chi connectivity index (χ2n) is 6.20. The molecule has 0 spiro atoms. The molecule has 0 aliphatic heterocycles. The van der Waals surface area contributed by atoms with Gasteiger partial charge in [0.2, 0.25) is 0 Å². The number of hydrogen-bond acceptors (Lipinski definition) is 4. The molecule has 1 aliphatic rings. The third-order valence-corrected chi connectivity index (χ3v) is 5.80. The summed E-state index contributed by atoms with van der Waals surface area (Å²) in [5.74, 6) is 0.156. The van der Waals surface area contributed by atoms with Crippen molar-refractivity contribution < 1.29 is 4.79 Å². The minimum atomic E-state index is 0.156. The molecule has 3 aromatic rings. The fourth-order valence-corrected chi connectivity index (χ4v) is 4.34. The Labute approximate surface area is 151 Å². The normalized spacial score (nSPS) is 13.7.